The fourth-order valence-electron chi connectivity index (χ4n) is 2.34. The molecule has 25 heavy (non-hydrogen) atoms. The molecule has 3 aromatic rings. The molecule has 0 saturated heterocycles. The van der Waals surface area contributed by atoms with E-state index in [-0.39, 0.29) is 5.91 Å². The van der Waals surface area contributed by atoms with Gasteiger partial charge in [0.15, 0.2) is 0 Å². The van der Waals surface area contributed by atoms with E-state index in [4.69, 9.17) is 16.3 Å². The first kappa shape index (κ1) is 17.5. The van der Waals surface area contributed by atoms with E-state index in [1.54, 1.807) is 42.7 Å². The van der Waals surface area contributed by atoms with Gasteiger partial charge in [-0.1, -0.05) is 23.7 Å². The predicted octanol–water partition coefficient (Wildman–Crippen LogP) is 4.44. The third-order valence-corrected chi connectivity index (χ3v) is 4.92. The maximum atomic E-state index is 12.1. The summed E-state index contributed by atoms with van der Waals surface area (Å²) in [6.07, 6.45) is 0.678. The number of halogens is 1. The second-order valence-corrected chi connectivity index (χ2v) is 6.69. The molecular formula is C19H17ClN2O2S. The first-order valence-electron chi connectivity index (χ1n) is 7.79. The summed E-state index contributed by atoms with van der Waals surface area (Å²) >= 11 is 7.61. The van der Waals surface area contributed by atoms with Gasteiger partial charge in [-0.15, -0.1) is 11.3 Å². The molecule has 0 bridgehead atoms. The predicted molar refractivity (Wildman–Crippen MR) is 102 cm³/mol. The van der Waals surface area contributed by atoms with Gasteiger partial charge in [0.2, 0.25) is 0 Å². The van der Waals surface area contributed by atoms with Crippen LogP contribution in [0, 0.1) is 0 Å². The highest BCUT2D eigenvalue weighted by Crippen LogP contribution is 2.24. The van der Waals surface area contributed by atoms with Gasteiger partial charge >= 0.3 is 0 Å². The van der Waals surface area contributed by atoms with Crippen LogP contribution >= 0.6 is 22.9 Å². The highest BCUT2D eigenvalue weighted by atomic mass is 35.5. The topological polar surface area (TPSA) is 51.2 Å². The molecule has 0 radical (unpaired) electrons. The second kappa shape index (κ2) is 8.14. The zero-order valence-corrected chi connectivity index (χ0v) is 15.2. The molecule has 1 amide bonds. The monoisotopic (exact) mass is 372 g/mol. The van der Waals surface area contributed by atoms with E-state index in [1.807, 2.05) is 29.6 Å². The van der Waals surface area contributed by atoms with Crippen LogP contribution in [0.15, 0.2) is 53.9 Å². The molecule has 3 rings (SSSR count). The van der Waals surface area contributed by atoms with Crippen molar-refractivity contribution >= 4 is 28.8 Å². The Bertz CT molecular complexity index is 862. The van der Waals surface area contributed by atoms with Crippen molar-refractivity contribution in [2.24, 2.45) is 0 Å². The summed E-state index contributed by atoms with van der Waals surface area (Å²) in [7, 11) is 1.65. The molecule has 0 atom stereocenters. The molecule has 1 N–H and O–H groups in total. The molecule has 2 aromatic carbocycles. The minimum absolute atomic E-state index is 0.169. The number of benzene rings is 2. The maximum absolute atomic E-state index is 12.1. The van der Waals surface area contributed by atoms with Gasteiger partial charge in [0.1, 0.15) is 5.75 Å². The number of methoxy groups -OCH3 is 1. The Morgan fingerprint density at radius 1 is 1.20 bits per heavy atom. The SMILES string of the molecule is COc1ccc(-c2csc(CCNC(=O)c3ccccc3Cl)n2)cc1. The number of thiazole rings is 1. The maximum Gasteiger partial charge on any atom is 0.252 e. The van der Waals surface area contributed by atoms with Gasteiger partial charge in [0.05, 0.1) is 28.4 Å². The van der Waals surface area contributed by atoms with Crippen molar-refractivity contribution in [3.8, 4) is 17.0 Å². The fourth-order valence-corrected chi connectivity index (χ4v) is 3.37. The molecule has 4 nitrogen and oxygen atoms in total. The van der Waals surface area contributed by atoms with Crippen LogP contribution in [0.3, 0.4) is 0 Å². The van der Waals surface area contributed by atoms with Crippen LogP contribution in [0.1, 0.15) is 15.4 Å². The van der Waals surface area contributed by atoms with Gasteiger partial charge < -0.3 is 10.1 Å². The third-order valence-electron chi connectivity index (χ3n) is 3.68. The first-order chi connectivity index (χ1) is 12.2. The number of carbonyl (C=O) groups excluding carboxylic acids is 1. The van der Waals surface area contributed by atoms with Crippen molar-refractivity contribution < 1.29 is 9.53 Å². The minimum atomic E-state index is -0.169. The second-order valence-electron chi connectivity index (χ2n) is 5.34. The van der Waals surface area contributed by atoms with E-state index in [0.717, 1.165) is 22.0 Å². The van der Waals surface area contributed by atoms with Gasteiger partial charge in [0.25, 0.3) is 5.91 Å². The van der Waals surface area contributed by atoms with Crippen LogP contribution in [0.5, 0.6) is 5.75 Å². The van der Waals surface area contributed by atoms with Crippen LogP contribution in [-0.4, -0.2) is 24.5 Å². The van der Waals surface area contributed by atoms with E-state index >= 15 is 0 Å². The molecule has 0 saturated carbocycles. The van der Waals surface area contributed by atoms with Crippen molar-refractivity contribution in [3.05, 3.63) is 69.5 Å². The Kier molecular flexibility index (Phi) is 5.68. The van der Waals surface area contributed by atoms with E-state index in [1.165, 1.54) is 0 Å². The van der Waals surface area contributed by atoms with Crippen LogP contribution in [0.4, 0.5) is 0 Å². The number of nitrogens with one attached hydrogen (secondary N) is 1. The normalized spacial score (nSPS) is 10.5. The van der Waals surface area contributed by atoms with Crippen molar-refractivity contribution in [2.45, 2.75) is 6.42 Å². The summed E-state index contributed by atoms with van der Waals surface area (Å²) in [5, 5.41) is 6.33. The van der Waals surface area contributed by atoms with Gasteiger partial charge in [-0.3, -0.25) is 4.79 Å². The Hall–Kier alpha value is -2.37. The minimum Gasteiger partial charge on any atom is -0.497 e. The van der Waals surface area contributed by atoms with E-state index in [0.29, 0.717) is 23.6 Å². The van der Waals surface area contributed by atoms with Crippen molar-refractivity contribution in [2.75, 3.05) is 13.7 Å². The number of amides is 1. The van der Waals surface area contributed by atoms with Gasteiger partial charge in [-0.2, -0.15) is 0 Å². The lowest BCUT2D eigenvalue weighted by Gasteiger charge is -2.05. The van der Waals surface area contributed by atoms with Crippen molar-refractivity contribution in [1.29, 1.82) is 0 Å². The summed E-state index contributed by atoms with van der Waals surface area (Å²) in [6.45, 7) is 0.514. The van der Waals surface area contributed by atoms with Crippen LogP contribution in [-0.2, 0) is 6.42 Å². The number of hydrogen-bond acceptors (Lipinski definition) is 4. The quantitative estimate of drug-likeness (QED) is 0.695. The summed E-state index contributed by atoms with van der Waals surface area (Å²) in [4.78, 5) is 16.7. The molecule has 0 spiro atoms. The number of hydrogen-bond donors (Lipinski definition) is 1. The molecule has 0 aliphatic rings. The molecule has 1 aromatic heterocycles. The summed E-state index contributed by atoms with van der Waals surface area (Å²) in [5.74, 6) is 0.652. The van der Waals surface area contributed by atoms with E-state index in [9.17, 15) is 4.79 Å². The Morgan fingerprint density at radius 2 is 1.96 bits per heavy atom. The van der Waals surface area contributed by atoms with Crippen molar-refractivity contribution in [1.82, 2.24) is 10.3 Å². The molecule has 6 heteroatoms. The summed E-state index contributed by atoms with van der Waals surface area (Å²) in [6, 6.07) is 14.8. The largest absolute Gasteiger partial charge is 0.497 e. The Balaban J connectivity index is 1.56. The van der Waals surface area contributed by atoms with Gasteiger partial charge in [0, 0.05) is 23.9 Å². The number of ether oxygens (including phenoxy) is 1. The summed E-state index contributed by atoms with van der Waals surface area (Å²) < 4.78 is 5.16. The van der Waals surface area contributed by atoms with Gasteiger partial charge in [-0.25, -0.2) is 4.98 Å². The Labute approximate surface area is 155 Å². The third kappa shape index (κ3) is 4.38. The molecule has 1 heterocycles. The number of nitrogens with zero attached hydrogens (tertiary/aromatic N) is 1. The van der Waals surface area contributed by atoms with Crippen LogP contribution in [0.25, 0.3) is 11.3 Å². The lowest BCUT2D eigenvalue weighted by Crippen LogP contribution is -2.25. The zero-order valence-electron chi connectivity index (χ0n) is 13.7. The lowest BCUT2D eigenvalue weighted by atomic mass is 10.2. The fraction of sp³-hybridized carbons (Fsp3) is 0.158. The molecular weight excluding hydrogens is 356 g/mol. The highest BCUT2D eigenvalue weighted by molar-refractivity contribution is 7.09. The highest BCUT2D eigenvalue weighted by Gasteiger charge is 2.10. The average Bonchev–Trinajstić information content (AvgIpc) is 3.11. The Morgan fingerprint density at radius 3 is 2.68 bits per heavy atom. The molecule has 0 fully saturated rings. The molecule has 128 valence electrons. The zero-order chi connectivity index (χ0) is 17.6. The standard InChI is InChI=1S/C19H17ClN2O2S/c1-24-14-8-6-13(7-9-14)17-12-25-18(22-17)10-11-21-19(23)15-4-2-3-5-16(15)20/h2-9,12H,10-11H2,1H3,(H,21,23). The van der Waals surface area contributed by atoms with Crippen LogP contribution in [0.2, 0.25) is 5.02 Å². The smallest absolute Gasteiger partial charge is 0.252 e. The number of carbonyl (C=O) groups is 1. The molecule has 0 aliphatic carbocycles. The van der Waals surface area contributed by atoms with E-state index < -0.39 is 0 Å². The number of aromatic nitrogens is 1. The first-order valence-corrected chi connectivity index (χ1v) is 9.04. The molecule has 0 unspecified atom stereocenters. The molecule has 0 aliphatic heterocycles. The van der Waals surface area contributed by atoms with Crippen LogP contribution < -0.4 is 10.1 Å². The van der Waals surface area contributed by atoms with E-state index in [2.05, 4.69) is 10.3 Å². The van der Waals surface area contributed by atoms with Gasteiger partial charge in [-0.05, 0) is 36.4 Å². The van der Waals surface area contributed by atoms with Crippen molar-refractivity contribution in [3.63, 3.8) is 0 Å². The summed E-state index contributed by atoms with van der Waals surface area (Å²) in [5.41, 5.74) is 2.46. The average molecular weight is 373 g/mol. The number of rotatable bonds is 6. The lowest BCUT2D eigenvalue weighted by molar-refractivity contribution is 0.0954.